The summed E-state index contributed by atoms with van der Waals surface area (Å²) in [5.41, 5.74) is 0. The van der Waals surface area contributed by atoms with Crippen molar-refractivity contribution in [1.29, 1.82) is 0 Å². The molecule has 0 saturated carbocycles. The average molecular weight is 346 g/mol. The third-order valence-electron chi connectivity index (χ3n) is 3.83. The number of quaternary nitrogens is 1. The SMILES string of the molecule is CCCCCCCC/C=C\CCCCCCCC[NH2+][Se-]. The van der Waals surface area contributed by atoms with Crippen LogP contribution in [0.3, 0.4) is 0 Å². The van der Waals surface area contributed by atoms with Gasteiger partial charge in [0.25, 0.3) is 0 Å². The Hall–Kier alpha value is 0.219. The number of rotatable bonds is 16. The predicted molar refractivity (Wildman–Crippen MR) is 92.0 cm³/mol. The molecule has 0 aliphatic heterocycles. The Morgan fingerprint density at radius 2 is 1.10 bits per heavy atom. The Balaban J connectivity index is 3.01. The maximum absolute atomic E-state index is 2.96. The Labute approximate surface area is 136 Å². The van der Waals surface area contributed by atoms with Crippen molar-refractivity contribution < 1.29 is 4.33 Å². The minimum atomic E-state index is 1.25. The van der Waals surface area contributed by atoms with Crippen molar-refractivity contribution in [1.82, 2.24) is 0 Å². The van der Waals surface area contributed by atoms with Crippen LogP contribution in [0, 0.1) is 0 Å². The zero-order chi connectivity index (χ0) is 14.7. The zero-order valence-electron chi connectivity index (χ0n) is 13.7. The molecule has 120 valence electrons. The molecule has 2 heteroatoms. The van der Waals surface area contributed by atoms with E-state index >= 15 is 0 Å². The van der Waals surface area contributed by atoms with Crippen molar-refractivity contribution in [2.24, 2.45) is 0 Å². The van der Waals surface area contributed by atoms with Gasteiger partial charge < -0.3 is 0 Å². The van der Waals surface area contributed by atoms with Crippen LogP contribution in [0.15, 0.2) is 12.2 Å². The molecule has 0 radical (unpaired) electrons. The van der Waals surface area contributed by atoms with Gasteiger partial charge in [0.2, 0.25) is 0 Å². The molecule has 0 aromatic carbocycles. The molecule has 0 aliphatic rings. The summed E-state index contributed by atoms with van der Waals surface area (Å²) in [5, 5.41) is 0. The molecular formula is C18H37NSe. The predicted octanol–water partition coefficient (Wildman–Crippen LogP) is 4.67. The second-order valence-corrected chi connectivity index (χ2v) is 6.59. The van der Waals surface area contributed by atoms with Crippen LogP contribution in [0.1, 0.15) is 96.8 Å². The Morgan fingerprint density at radius 1 is 0.650 bits per heavy atom. The fourth-order valence-corrected chi connectivity index (χ4v) is 2.82. The summed E-state index contributed by atoms with van der Waals surface area (Å²) < 4.78 is 2.16. The molecule has 1 nitrogen and oxygen atoms in total. The van der Waals surface area contributed by atoms with Crippen molar-refractivity contribution in [2.45, 2.75) is 96.8 Å². The molecule has 0 fully saturated rings. The standard InChI is InChI=1S/C18H37NSe/c1-2-3-4-5-6-7-8-9-10-11-12-13-14-15-16-17-18-19-20/h9-10H,2-8,11-19H2,1H3/b10-9-. The van der Waals surface area contributed by atoms with E-state index in [0.717, 1.165) is 0 Å². The van der Waals surface area contributed by atoms with Gasteiger partial charge in [0.05, 0.1) is 0 Å². The average Bonchev–Trinajstić information content (AvgIpc) is 2.47. The van der Waals surface area contributed by atoms with Gasteiger partial charge in [-0.25, -0.2) is 0 Å². The summed E-state index contributed by atoms with van der Waals surface area (Å²) in [6, 6.07) is 0. The first kappa shape index (κ1) is 20.2. The number of hydrogen-bond acceptors (Lipinski definition) is 0. The zero-order valence-corrected chi connectivity index (χ0v) is 15.5. The maximum atomic E-state index is 2.96. The Kier molecular flexibility index (Phi) is 19.4. The van der Waals surface area contributed by atoms with Crippen LogP contribution in [0.5, 0.6) is 0 Å². The second kappa shape index (κ2) is 19.2. The number of hydrogen-bond donors (Lipinski definition) is 1. The molecule has 20 heavy (non-hydrogen) atoms. The summed E-state index contributed by atoms with van der Waals surface area (Å²) in [6.07, 6.45) is 24.3. The van der Waals surface area contributed by atoms with E-state index in [1.54, 1.807) is 0 Å². The molecule has 0 aromatic heterocycles. The van der Waals surface area contributed by atoms with Gasteiger partial charge in [0.1, 0.15) is 0 Å². The summed E-state index contributed by atoms with van der Waals surface area (Å²) in [5.74, 6) is 0. The van der Waals surface area contributed by atoms with Crippen molar-refractivity contribution in [3.8, 4) is 0 Å². The summed E-state index contributed by atoms with van der Waals surface area (Å²) in [7, 11) is 0. The molecule has 0 aliphatic carbocycles. The van der Waals surface area contributed by atoms with Crippen LogP contribution in [-0.2, 0) is 0 Å². The van der Waals surface area contributed by atoms with E-state index in [0.29, 0.717) is 0 Å². The molecule has 0 rings (SSSR count). The Bertz CT molecular complexity index is 192. The van der Waals surface area contributed by atoms with Gasteiger partial charge in [0, 0.05) is 0 Å². The molecule has 0 heterocycles. The van der Waals surface area contributed by atoms with E-state index in [1.165, 1.54) is 96.4 Å². The summed E-state index contributed by atoms with van der Waals surface area (Å²) in [6.45, 7) is 3.53. The minimum absolute atomic E-state index is 1.25. The fourth-order valence-electron chi connectivity index (χ4n) is 2.48. The molecule has 0 unspecified atom stereocenters. The Morgan fingerprint density at radius 3 is 1.60 bits per heavy atom. The van der Waals surface area contributed by atoms with E-state index in [-0.39, 0.29) is 0 Å². The molecular weight excluding hydrogens is 309 g/mol. The first-order chi connectivity index (χ1) is 9.91. The van der Waals surface area contributed by atoms with E-state index in [9.17, 15) is 0 Å². The first-order valence-electron chi connectivity index (χ1n) is 9.00. The molecule has 0 saturated heterocycles. The second-order valence-electron chi connectivity index (χ2n) is 5.89. The van der Waals surface area contributed by atoms with Gasteiger partial charge in [0.15, 0.2) is 0 Å². The van der Waals surface area contributed by atoms with Crippen molar-refractivity contribution in [3.63, 3.8) is 0 Å². The molecule has 0 aromatic rings. The van der Waals surface area contributed by atoms with Gasteiger partial charge in [-0.15, -0.1) is 0 Å². The van der Waals surface area contributed by atoms with Crippen LogP contribution in [0.4, 0.5) is 0 Å². The normalized spacial score (nSPS) is 11.5. The van der Waals surface area contributed by atoms with Crippen molar-refractivity contribution >= 4 is 16.2 Å². The van der Waals surface area contributed by atoms with Crippen molar-refractivity contribution in [3.05, 3.63) is 12.2 Å². The third kappa shape index (κ3) is 18.2. The van der Waals surface area contributed by atoms with E-state index in [4.69, 9.17) is 0 Å². The van der Waals surface area contributed by atoms with E-state index < -0.39 is 0 Å². The van der Waals surface area contributed by atoms with E-state index in [1.807, 2.05) is 0 Å². The topological polar surface area (TPSA) is 16.6 Å². The molecule has 0 spiro atoms. The van der Waals surface area contributed by atoms with Crippen LogP contribution >= 0.6 is 0 Å². The van der Waals surface area contributed by atoms with Crippen LogP contribution in [0.25, 0.3) is 0 Å². The van der Waals surface area contributed by atoms with Gasteiger partial charge in [-0.05, 0) is 6.42 Å². The van der Waals surface area contributed by atoms with Gasteiger partial charge in [-0.3, -0.25) is 0 Å². The fraction of sp³-hybridized carbons (Fsp3) is 0.889. The summed E-state index contributed by atoms with van der Waals surface area (Å²) in [4.78, 5) is 0. The van der Waals surface area contributed by atoms with Gasteiger partial charge >= 0.3 is 90.6 Å². The quantitative estimate of drug-likeness (QED) is 0.238. The van der Waals surface area contributed by atoms with Crippen LogP contribution < -0.4 is 4.33 Å². The third-order valence-corrected chi connectivity index (χ3v) is 4.33. The van der Waals surface area contributed by atoms with Crippen molar-refractivity contribution in [2.75, 3.05) is 6.54 Å². The molecule has 0 bridgehead atoms. The van der Waals surface area contributed by atoms with Gasteiger partial charge in [-0.2, -0.15) is 0 Å². The van der Waals surface area contributed by atoms with E-state index in [2.05, 4.69) is 39.6 Å². The molecule has 0 amide bonds. The van der Waals surface area contributed by atoms with Crippen LogP contribution in [-0.4, -0.2) is 22.8 Å². The number of nitrogens with two attached hydrogens (primary N) is 1. The van der Waals surface area contributed by atoms with Crippen LogP contribution in [0.2, 0.25) is 0 Å². The number of unbranched alkanes of at least 4 members (excludes halogenated alkanes) is 12. The first-order valence-corrected chi connectivity index (χ1v) is 9.99. The van der Waals surface area contributed by atoms with Gasteiger partial charge in [-0.1, -0.05) is 39.0 Å². The number of allylic oxidation sites excluding steroid dienone is 2. The monoisotopic (exact) mass is 347 g/mol. The molecule has 2 N–H and O–H groups in total. The summed E-state index contributed by atoms with van der Waals surface area (Å²) >= 11 is 2.96. The molecule has 0 atom stereocenters.